The van der Waals surface area contributed by atoms with Gasteiger partial charge in [-0.05, 0) is 38.1 Å². The maximum Gasteiger partial charge on any atom is 0.219 e. The number of benzene rings is 1. The molecule has 1 aliphatic heterocycles. The summed E-state index contributed by atoms with van der Waals surface area (Å²) in [4.78, 5) is 15.8. The molecule has 0 aromatic heterocycles. The smallest absolute Gasteiger partial charge is 0.219 e. The molecule has 2 rings (SSSR count). The molecule has 4 nitrogen and oxygen atoms in total. The summed E-state index contributed by atoms with van der Waals surface area (Å²) in [6, 6.07) is 8.75. The first-order valence-electron chi connectivity index (χ1n) is 6.71. The van der Waals surface area contributed by atoms with Crippen LogP contribution in [-0.4, -0.2) is 43.1 Å². The maximum atomic E-state index is 11.5. The zero-order chi connectivity index (χ0) is 14.0. The molecule has 0 N–H and O–H groups in total. The van der Waals surface area contributed by atoms with Crippen molar-refractivity contribution in [1.29, 1.82) is 0 Å². The minimum Gasteiger partial charge on any atom is -0.497 e. The fourth-order valence-electron chi connectivity index (χ4n) is 2.84. The van der Waals surface area contributed by atoms with Crippen LogP contribution in [0.2, 0.25) is 0 Å². The molecular formula is C15H22N2O2. The minimum absolute atomic E-state index is 0.160. The highest BCUT2D eigenvalue weighted by Crippen LogP contribution is 2.26. The van der Waals surface area contributed by atoms with Gasteiger partial charge < -0.3 is 14.5 Å². The lowest BCUT2D eigenvalue weighted by Gasteiger charge is -2.45. The van der Waals surface area contributed by atoms with Crippen molar-refractivity contribution in [2.75, 3.05) is 25.1 Å². The summed E-state index contributed by atoms with van der Waals surface area (Å²) >= 11 is 0. The fraction of sp³-hybridized carbons (Fsp3) is 0.533. The summed E-state index contributed by atoms with van der Waals surface area (Å²) in [5, 5.41) is 0. The van der Waals surface area contributed by atoms with Crippen LogP contribution in [0.4, 0.5) is 5.69 Å². The lowest BCUT2D eigenvalue weighted by molar-refractivity contribution is -0.130. The van der Waals surface area contributed by atoms with Gasteiger partial charge in [0.05, 0.1) is 7.11 Å². The van der Waals surface area contributed by atoms with Crippen molar-refractivity contribution in [3.63, 3.8) is 0 Å². The summed E-state index contributed by atoms with van der Waals surface area (Å²) in [5.41, 5.74) is 1.18. The van der Waals surface area contributed by atoms with E-state index >= 15 is 0 Å². The number of rotatable bonds is 2. The Labute approximate surface area is 115 Å². The number of carbonyl (C=O) groups is 1. The molecular weight excluding hydrogens is 240 g/mol. The van der Waals surface area contributed by atoms with E-state index in [1.807, 2.05) is 17.0 Å². The van der Waals surface area contributed by atoms with Gasteiger partial charge in [0, 0.05) is 37.8 Å². The quantitative estimate of drug-likeness (QED) is 0.818. The Morgan fingerprint density at radius 2 is 1.68 bits per heavy atom. The van der Waals surface area contributed by atoms with Gasteiger partial charge in [0.2, 0.25) is 5.91 Å². The lowest BCUT2D eigenvalue weighted by atomic mass is 10.1. The first-order valence-corrected chi connectivity index (χ1v) is 6.71. The topological polar surface area (TPSA) is 32.8 Å². The van der Waals surface area contributed by atoms with E-state index in [-0.39, 0.29) is 5.91 Å². The van der Waals surface area contributed by atoms with Crippen LogP contribution >= 0.6 is 0 Å². The molecule has 1 heterocycles. The number of amides is 1. The van der Waals surface area contributed by atoms with Crippen molar-refractivity contribution in [2.45, 2.75) is 32.9 Å². The van der Waals surface area contributed by atoms with Crippen LogP contribution in [-0.2, 0) is 4.79 Å². The average Bonchev–Trinajstić information content (AvgIpc) is 2.38. The number of ether oxygens (including phenoxy) is 1. The molecule has 0 unspecified atom stereocenters. The highest BCUT2D eigenvalue weighted by Gasteiger charge is 2.30. The summed E-state index contributed by atoms with van der Waals surface area (Å²) in [6.07, 6.45) is 0. The third-order valence-electron chi connectivity index (χ3n) is 3.73. The van der Waals surface area contributed by atoms with Gasteiger partial charge >= 0.3 is 0 Å². The predicted octanol–water partition coefficient (Wildman–Crippen LogP) is 2.14. The Kier molecular flexibility index (Phi) is 3.98. The van der Waals surface area contributed by atoms with Gasteiger partial charge in [-0.2, -0.15) is 0 Å². The lowest BCUT2D eigenvalue weighted by Crippen LogP contribution is -2.57. The van der Waals surface area contributed by atoms with Crippen molar-refractivity contribution in [3.05, 3.63) is 24.3 Å². The van der Waals surface area contributed by atoms with Gasteiger partial charge in [0.1, 0.15) is 5.75 Å². The molecule has 1 fully saturated rings. The van der Waals surface area contributed by atoms with E-state index in [2.05, 4.69) is 30.9 Å². The Hall–Kier alpha value is -1.71. The molecule has 1 amide bonds. The highest BCUT2D eigenvalue weighted by atomic mass is 16.5. The number of hydrogen-bond donors (Lipinski definition) is 0. The molecule has 0 radical (unpaired) electrons. The Morgan fingerprint density at radius 3 is 2.11 bits per heavy atom. The van der Waals surface area contributed by atoms with Crippen molar-refractivity contribution in [1.82, 2.24) is 4.90 Å². The van der Waals surface area contributed by atoms with Crippen LogP contribution in [0.1, 0.15) is 20.8 Å². The normalized spacial score (nSPS) is 23.4. The van der Waals surface area contributed by atoms with E-state index in [0.29, 0.717) is 12.1 Å². The SMILES string of the molecule is COc1ccc(N2[C@H](C)CN(C(C)=O)C[C@@H]2C)cc1. The van der Waals surface area contributed by atoms with Gasteiger partial charge in [0.25, 0.3) is 0 Å². The molecule has 1 aromatic carbocycles. The van der Waals surface area contributed by atoms with Gasteiger partial charge in [0.15, 0.2) is 0 Å². The Morgan fingerprint density at radius 1 is 1.16 bits per heavy atom. The molecule has 104 valence electrons. The predicted molar refractivity (Wildman–Crippen MR) is 76.7 cm³/mol. The van der Waals surface area contributed by atoms with E-state index in [1.165, 1.54) is 5.69 Å². The molecule has 0 bridgehead atoms. The summed E-state index contributed by atoms with van der Waals surface area (Å²) in [6.45, 7) is 7.53. The van der Waals surface area contributed by atoms with E-state index in [9.17, 15) is 4.79 Å². The van der Waals surface area contributed by atoms with Crippen LogP contribution in [0.15, 0.2) is 24.3 Å². The summed E-state index contributed by atoms with van der Waals surface area (Å²) in [5.74, 6) is 1.03. The highest BCUT2D eigenvalue weighted by molar-refractivity contribution is 5.73. The first kappa shape index (κ1) is 13.7. The van der Waals surface area contributed by atoms with Gasteiger partial charge in [-0.25, -0.2) is 0 Å². The van der Waals surface area contributed by atoms with Crippen LogP contribution in [0.25, 0.3) is 0 Å². The van der Waals surface area contributed by atoms with Gasteiger partial charge in [-0.3, -0.25) is 4.79 Å². The van der Waals surface area contributed by atoms with Crippen LogP contribution in [0.3, 0.4) is 0 Å². The standard InChI is InChI=1S/C15H22N2O2/c1-11-9-16(13(3)18)10-12(2)17(11)14-5-7-15(19-4)8-6-14/h5-8,11-12H,9-10H2,1-4H3/t11-,12+. The maximum absolute atomic E-state index is 11.5. The van der Waals surface area contributed by atoms with E-state index in [1.54, 1.807) is 14.0 Å². The number of nitrogens with zero attached hydrogens (tertiary/aromatic N) is 2. The summed E-state index contributed by atoms with van der Waals surface area (Å²) in [7, 11) is 1.67. The zero-order valence-corrected chi connectivity index (χ0v) is 12.1. The van der Waals surface area contributed by atoms with Crippen molar-refractivity contribution in [3.8, 4) is 5.75 Å². The fourth-order valence-corrected chi connectivity index (χ4v) is 2.84. The van der Waals surface area contributed by atoms with Crippen LogP contribution in [0.5, 0.6) is 5.75 Å². The van der Waals surface area contributed by atoms with E-state index in [4.69, 9.17) is 4.74 Å². The third-order valence-corrected chi connectivity index (χ3v) is 3.73. The molecule has 0 saturated carbocycles. The second-order valence-electron chi connectivity index (χ2n) is 5.23. The largest absolute Gasteiger partial charge is 0.497 e. The number of anilines is 1. The van der Waals surface area contributed by atoms with Crippen molar-refractivity contribution < 1.29 is 9.53 Å². The molecule has 1 aromatic rings. The number of carbonyl (C=O) groups excluding carboxylic acids is 1. The van der Waals surface area contributed by atoms with Crippen LogP contribution < -0.4 is 9.64 Å². The van der Waals surface area contributed by atoms with Gasteiger partial charge in [-0.1, -0.05) is 0 Å². The Bertz CT molecular complexity index is 432. The number of hydrogen-bond acceptors (Lipinski definition) is 3. The monoisotopic (exact) mass is 262 g/mol. The second kappa shape index (κ2) is 5.51. The zero-order valence-electron chi connectivity index (χ0n) is 12.1. The van der Waals surface area contributed by atoms with E-state index < -0.39 is 0 Å². The summed E-state index contributed by atoms with van der Waals surface area (Å²) < 4.78 is 5.19. The van der Waals surface area contributed by atoms with Crippen LogP contribution in [0, 0.1) is 0 Å². The second-order valence-corrected chi connectivity index (χ2v) is 5.23. The first-order chi connectivity index (χ1) is 9.02. The average molecular weight is 262 g/mol. The third kappa shape index (κ3) is 2.83. The molecule has 0 aliphatic carbocycles. The molecule has 2 atom stereocenters. The van der Waals surface area contributed by atoms with E-state index in [0.717, 1.165) is 18.8 Å². The van der Waals surface area contributed by atoms with Crippen molar-refractivity contribution >= 4 is 11.6 Å². The van der Waals surface area contributed by atoms with Gasteiger partial charge in [-0.15, -0.1) is 0 Å². The molecule has 1 saturated heterocycles. The Balaban J connectivity index is 2.17. The molecule has 1 aliphatic rings. The number of methoxy groups -OCH3 is 1. The minimum atomic E-state index is 0.160. The molecule has 0 spiro atoms. The molecule has 19 heavy (non-hydrogen) atoms. The number of piperazine rings is 1. The molecule has 4 heteroatoms. The van der Waals surface area contributed by atoms with Crippen molar-refractivity contribution in [2.24, 2.45) is 0 Å².